The Hall–Kier alpha value is -1.33. The summed E-state index contributed by atoms with van der Waals surface area (Å²) in [6, 6.07) is 8.26. The van der Waals surface area contributed by atoms with Crippen LogP contribution in [0, 0.1) is 0 Å². The van der Waals surface area contributed by atoms with Crippen LogP contribution in [0.1, 0.15) is 39.5 Å². The molecule has 0 aliphatic heterocycles. The Labute approximate surface area is 130 Å². The van der Waals surface area contributed by atoms with Gasteiger partial charge in [-0.3, -0.25) is 0 Å². The predicted molar refractivity (Wildman–Crippen MR) is 87.4 cm³/mol. The van der Waals surface area contributed by atoms with Crippen LogP contribution in [0.3, 0.4) is 0 Å². The van der Waals surface area contributed by atoms with E-state index in [4.69, 9.17) is 10.3 Å². The molecule has 114 valence electrons. The minimum absolute atomic E-state index is 0.205. The summed E-state index contributed by atoms with van der Waals surface area (Å²) in [4.78, 5) is 5.83. The highest BCUT2D eigenvalue weighted by Gasteiger charge is 2.33. The smallest absolute Gasteiger partial charge is 0.234 e. The monoisotopic (exact) mass is 305 g/mol. The maximum atomic E-state index is 5.93. The molecule has 0 amide bonds. The zero-order chi connectivity index (χ0) is 15.3. The first kappa shape index (κ1) is 16.0. The van der Waals surface area contributed by atoms with E-state index in [2.05, 4.69) is 43.0 Å². The van der Waals surface area contributed by atoms with Crippen molar-refractivity contribution in [2.75, 3.05) is 12.3 Å². The highest BCUT2D eigenvalue weighted by atomic mass is 32.2. The molecule has 0 unspecified atom stereocenters. The summed E-state index contributed by atoms with van der Waals surface area (Å²) < 4.78 is 5.49. The number of benzene rings is 1. The third-order valence-corrected chi connectivity index (χ3v) is 4.94. The van der Waals surface area contributed by atoms with Gasteiger partial charge in [-0.25, -0.2) is 0 Å². The molecule has 0 spiro atoms. The van der Waals surface area contributed by atoms with Gasteiger partial charge in [0.05, 0.1) is 5.41 Å². The summed E-state index contributed by atoms with van der Waals surface area (Å²) in [7, 11) is 0. The lowest BCUT2D eigenvalue weighted by atomic mass is 9.82. The van der Waals surface area contributed by atoms with E-state index in [9.17, 15) is 0 Å². The van der Waals surface area contributed by atoms with Gasteiger partial charge in [-0.2, -0.15) is 4.98 Å². The van der Waals surface area contributed by atoms with Crippen LogP contribution in [-0.2, 0) is 5.41 Å². The average molecular weight is 305 g/mol. The predicted octanol–water partition coefficient (Wildman–Crippen LogP) is 3.87. The molecule has 0 fully saturated rings. The van der Waals surface area contributed by atoms with Crippen molar-refractivity contribution < 1.29 is 4.52 Å². The van der Waals surface area contributed by atoms with E-state index in [1.54, 1.807) is 0 Å². The van der Waals surface area contributed by atoms with Crippen LogP contribution in [0.15, 0.2) is 33.7 Å². The second-order valence-corrected chi connectivity index (χ2v) is 6.41. The second-order valence-electron chi connectivity index (χ2n) is 5.07. The van der Waals surface area contributed by atoms with Crippen molar-refractivity contribution in [3.8, 4) is 11.4 Å². The molecule has 1 heterocycles. The molecule has 0 aliphatic rings. The minimum Gasteiger partial charge on any atom is -0.338 e. The summed E-state index contributed by atoms with van der Waals surface area (Å²) in [5.41, 5.74) is 6.70. The van der Waals surface area contributed by atoms with Gasteiger partial charge in [0.2, 0.25) is 11.7 Å². The molecular formula is C16H23N3OS. The Balaban J connectivity index is 2.26. The standard InChI is InChI=1S/C16H23N3OS/c1-4-16(5-2,11-17)15-18-14(19-20-15)12-7-9-13(10-8-12)21-6-3/h7-10H,4-6,11,17H2,1-3H3. The maximum Gasteiger partial charge on any atom is 0.234 e. The molecule has 4 nitrogen and oxygen atoms in total. The van der Waals surface area contributed by atoms with E-state index in [0.29, 0.717) is 18.3 Å². The van der Waals surface area contributed by atoms with Crippen molar-refractivity contribution >= 4 is 11.8 Å². The summed E-state index contributed by atoms with van der Waals surface area (Å²) in [5, 5.41) is 4.12. The van der Waals surface area contributed by atoms with E-state index in [-0.39, 0.29) is 5.41 Å². The fourth-order valence-electron chi connectivity index (χ4n) is 2.35. The third kappa shape index (κ3) is 3.30. The lowest BCUT2D eigenvalue weighted by Crippen LogP contribution is -2.34. The van der Waals surface area contributed by atoms with Gasteiger partial charge in [0.1, 0.15) is 0 Å². The summed E-state index contributed by atoms with van der Waals surface area (Å²) >= 11 is 1.82. The van der Waals surface area contributed by atoms with Crippen molar-refractivity contribution in [2.24, 2.45) is 5.73 Å². The van der Waals surface area contributed by atoms with E-state index in [1.807, 2.05) is 23.9 Å². The van der Waals surface area contributed by atoms with Crippen LogP contribution in [0.2, 0.25) is 0 Å². The average Bonchev–Trinajstić information content (AvgIpc) is 3.01. The lowest BCUT2D eigenvalue weighted by molar-refractivity contribution is 0.267. The van der Waals surface area contributed by atoms with Crippen LogP contribution in [0.25, 0.3) is 11.4 Å². The second kappa shape index (κ2) is 7.09. The molecule has 21 heavy (non-hydrogen) atoms. The third-order valence-electron chi connectivity index (χ3n) is 4.05. The molecule has 2 rings (SSSR count). The van der Waals surface area contributed by atoms with Crippen LogP contribution >= 0.6 is 11.8 Å². The topological polar surface area (TPSA) is 64.9 Å². The number of thioether (sulfide) groups is 1. The first-order valence-corrected chi connectivity index (χ1v) is 8.45. The van der Waals surface area contributed by atoms with E-state index < -0.39 is 0 Å². The largest absolute Gasteiger partial charge is 0.338 e. The summed E-state index contributed by atoms with van der Waals surface area (Å²) in [6.45, 7) is 6.88. The van der Waals surface area contributed by atoms with Crippen molar-refractivity contribution in [3.63, 3.8) is 0 Å². The number of hydrogen-bond donors (Lipinski definition) is 1. The Morgan fingerprint density at radius 1 is 1.14 bits per heavy atom. The quantitative estimate of drug-likeness (QED) is 0.787. The zero-order valence-corrected chi connectivity index (χ0v) is 13.7. The highest BCUT2D eigenvalue weighted by Crippen LogP contribution is 2.31. The zero-order valence-electron chi connectivity index (χ0n) is 12.9. The molecule has 0 saturated heterocycles. The van der Waals surface area contributed by atoms with Gasteiger partial charge in [-0.1, -0.05) is 25.9 Å². The van der Waals surface area contributed by atoms with Gasteiger partial charge in [-0.15, -0.1) is 11.8 Å². The van der Waals surface area contributed by atoms with Crippen LogP contribution in [-0.4, -0.2) is 22.4 Å². The van der Waals surface area contributed by atoms with Gasteiger partial charge in [-0.05, 0) is 42.9 Å². The Morgan fingerprint density at radius 2 is 1.81 bits per heavy atom. The first-order chi connectivity index (χ1) is 10.2. The molecule has 2 N–H and O–H groups in total. The minimum atomic E-state index is -0.205. The number of hydrogen-bond acceptors (Lipinski definition) is 5. The normalized spacial score (nSPS) is 11.8. The highest BCUT2D eigenvalue weighted by molar-refractivity contribution is 7.99. The number of aromatic nitrogens is 2. The molecule has 0 atom stereocenters. The molecule has 2 aromatic rings. The van der Waals surface area contributed by atoms with Gasteiger partial charge in [0.15, 0.2) is 0 Å². The van der Waals surface area contributed by atoms with E-state index >= 15 is 0 Å². The number of rotatable bonds is 7. The van der Waals surface area contributed by atoms with Crippen molar-refractivity contribution in [1.29, 1.82) is 0 Å². The van der Waals surface area contributed by atoms with Crippen molar-refractivity contribution in [2.45, 2.75) is 43.9 Å². The number of nitrogens with zero attached hydrogens (tertiary/aromatic N) is 2. The summed E-state index contributed by atoms with van der Waals surface area (Å²) in [6.07, 6.45) is 1.79. The SMILES string of the molecule is CCSc1ccc(-c2noc(C(CC)(CC)CN)n2)cc1. The molecular weight excluding hydrogens is 282 g/mol. The van der Waals surface area contributed by atoms with Gasteiger partial charge in [0, 0.05) is 17.0 Å². The number of nitrogens with two attached hydrogens (primary N) is 1. The first-order valence-electron chi connectivity index (χ1n) is 7.46. The molecule has 0 bridgehead atoms. The van der Waals surface area contributed by atoms with Crippen molar-refractivity contribution in [3.05, 3.63) is 30.2 Å². The summed E-state index contributed by atoms with van der Waals surface area (Å²) in [5.74, 6) is 2.35. The van der Waals surface area contributed by atoms with Gasteiger partial charge < -0.3 is 10.3 Å². The fourth-order valence-corrected chi connectivity index (χ4v) is 3.01. The van der Waals surface area contributed by atoms with Crippen LogP contribution in [0.5, 0.6) is 0 Å². The van der Waals surface area contributed by atoms with Gasteiger partial charge in [0.25, 0.3) is 0 Å². The Morgan fingerprint density at radius 3 is 2.33 bits per heavy atom. The molecule has 0 saturated carbocycles. The fraction of sp³-hybridized carbons (Fsp3) is 0.500. The molecule has 0 aliphatic carbocycles. The van der Waals surface area contributed by atoms with Crippen LogP contribution in [0.4, 0.5) is 0 Å². The Kier molecular flexibility index (Phi) is 5.42. The van der Waals surface area contributed by atoms with E-state index in [0.717, 1.165) is 24.2 Å². The lowest BCUT2D eigenvalue weighted by Gasteiger charge is -2.24. The maximum absolute atomic E-state index is 5.93. The molecule has 5 heteroatoms. The molecule has 0 radical (unpaired) electrons. The van der Waals surface area contributed by atoms with Gasteiger partial charge >= 0.3 is 0 Å². The van der Waals surface area contributed by atoms with Crippen LogP contribution < -0.4 is 5.73 Å². The molecule has 1 aromatic heterocycles. The Bertz CT molecular complexity index is 553. The molecule has 1 aromatic carbocycles. The van der Waals surface area contributed by atoms with Crippen molar-refractivity contribution in [1.82, 2.24) is 10.1 Å². The van der Waals surface area contributed by atoms with E-state index in [1.165, 1.54) is 4.90 Å².